The van der Waals surface area contributed by atoms with Gasteiger partial charge in [-0.2, -0.15) is 0 Å². The van der Waals surface area contributed by atoms with Crippen LogP contribution >= 0.6 is 0 Å². The van der Waals surface area contributed by atoms with Crippen molar-refractivity contribution in [3.05, 3.63) is 0 Å². The van der Waals surface area contributed by atoms with E-state index in [1.165, 1.54) is 334 Å². The molecule has 0 aromatic rings. The molecule has 0 rings (SSSR count). The molecule has 0 fully saturated rings. The van der Waals surface area contributed by atoms with E-state index >= 15 is 0 Å². The minimum atomic E-state index is 0. The number of rotatable bonds is 52. The van der Waals surface area contributed by atoms with Gasteiger partial charge in [0.1, 0.15) is 0 Å². The first-order valence-electron chi connectivity index (χ1n) is 27.2. The van der Waals surface area contributed by atoms with E-state index in [1.807, 2.05) is 0 Å². The van der Waals surface area contributed by atoms with Crippen LogP contribution in [0.3, 0.4) is 0 Å². The third kappa shape index (κ3) is 56.5. The van der Waals surface area contributed by atoms with E-state index in [2.05, 4.69) is 19.2 Å². The summed E-state index contributed by atoms with van der Waals surface area (Å²) in [6.45, 7) is 7.37. The maximum atomic E-state index is 2.60. The van der Waals surface area contributed by atoms with Gasteiger partial charge in [-0.25, -0.2) is 0 Å². The molecule has 0 aliphatic carbocycles. The van der Waals surface area contributed by atoms with Crippen LogP contribution in [0.5, 0.6) is 0 Å². The molecule has 0 saturated carbocycles. The maximum Gasteiger partial charge on any atom is 0.0755 e. The summed E-state index contributed by atoms with van der Waals surface area (Å²) in [7, 11) is 0. The lowest BCUT2D eigenvalue weighted by molar-refractivity contribution is -0.655. The Kier molecular flexibility index (Phi) is 60.1. The van der Waals surface area contributed by atoms with Gasteiger partial charge in [0, 0.05) is 0 Å². The largest absolute Gasteiger partial charge is 1.00 e. The molecule has 0 atom stereocenters. The Balaban J connectivity index is 0. The molecular weight excluding hydrogens is 743 g/mol. The summed E-state index contributed by atoms with van der Waals surface area (Å²) in [4.78, 5) is 0. The third-order valence-corrected chi connectivity index (χ3v) is 13.0. The van der Waals surface area contributed by atoms with Crippen LogP contribution in [-0.4, -0.2) is 13.1 Å². The number of halogens is 1. The van der Waals surface area contributed by atoms with Gasteiger partial charge in [0.25, 0.3) is 0 Å². The summed E-state index contributed by atoms with van der Waals surface area (Å²) in [5.41, 5.74) is 0. The molecule has 2 heteroatoms. The fourth-order valence-electron chi connectivity index (χ4n) is 9.00. The van der Waals surface area contributed by atoms with E-state index in [4.69, 9.17) is 0 Å². The lowest BCUT2D eigenvalue weighted by Crippen LogP contribution is -3.00. The monoisotopic (exact) mass is 854 g/mol. The standard InChI is InChI=1S/C54H111N.BrH/c1-3-5-7-9-11-13-15-17-19-20-21-22-23-24-25-26-27-28-29-30-31-32-33-34-35-36-37-38-39-40-42-44-46-48-50-52-54-55-53-51-49-47-45-43-41-18-16-14-12-10-8-6-4-2;/h55H,3-54H2,1-2H3;1H. The summed E-state index contributed by atoms with van der Waals surface area (Å²) in [6, 6.07) is 0. The first-order chi connectivity index (χ1) is 27.4. The third-order valence-electron chi connectivity index (χ3n) is 13.0. The number of hydrogen-bond acceptors (Lipinski definition) is 0. The molecule has 56 heavy (non-hydrogen) atoms. The highest BCUT2D eigenvalue weighted by atomic mass is 79.9. The van der Waals surface area contributed by atoms with Crippen molar-refractivity contribution in [3.63, 3.8) is 0 Å². The van der Waals surface area contributed by atoms with E-state index in [0.29, 0.717) is 0 Å². The fraction of sp³-hybridized carbons (Fsp3) is 1.00. The molecule has 0 amide bonds. The van der Waals surface area contributed by atoms with Gasteiger partial charge in [0.15, 0.2) is 0 Å². The van der Waals surface area contributed by atoms with Crippen molar-refractivity contribution in [2.24, 2.45) is 0 Å². The SMILES string of the molecule is CCCCCCCCCCCCCCCCCCCCCCCCCCCCCCCCCCCCCC[NH2+]CCCCCCCCCCCCCCCC.[Br-]. The van der Waals surface area contributed by atoms with Crippen molar-refractivity contribution >= 4 is 0 Å². The molecule has 0 radical (unpaired) electrons. The smallest absolute Gasteiger partial charge is 0.0755 e. The Hall–Kier alpha value is 0.440. The Morgan fingerprint density at radius 3 is 0.393 bits per heavy atom. The van der Waals surface area contributed by atoms with Crippen molar-refractivity contribution in [1.82, 2.24) is 0 Å². The van der Waals surface area contributed by atoms with E-state index in [0.717, 1.165) is 0 Å². The lowest BCUT2D eigenvalue weighted by Gasteiger charge is -2.05. The topological polar surface area (TPSA) is 16.6 Å². The summed E-state index contributed by atoms with van der Waals surface area (Å²) in [5, 5.41) is 2.60. The second-order valence-corrected chi connectivity index (χ2v) is 18.8. The van der Waals surface area contributed by atoms with Crippen LogP contribution in [0.2, 0.25) is 0 Å². The zero-order valence-corrected chi connectivity index (χ0v) is 41.3. The van der Waals surface area contributed by atoms with Gasteiger partial charge in [-0.3, -0.25) is 0 Å². The molecule has 0 unspecified atom stereocenters. The van der Waals surface area contributed by atoms with Crippen LogP contribution in [0.4, 0.5) is 0 Å². The molecular formula is C54H112BrN. The van der Waals surface area contributed by atoms with Crippen molar-refractivity contribution < 1.29 is 22.3 Å². The second-order valence-electron chi connectivity index (χ2n) is 18.8. The average molecular weight is 855 g/mol. The van der Waals surface area contributed by atoms with E-state index < -0.39 is 0 Å². The molecule has 1 nitrogen and oxygen atoms in total. The lowest BCUT2D eigenvalue weighted by atomic mass is 10.0. The molecule has 0 saturated heterocycles. The highest BCUT2D eigenvalue weighted by molar-refractivity contribution is 4.54. The average Bonchev–Trinajstić information content (AvgIpc) is 3.20. The number of nitrogens with two attached hydrogens (primary N) is 1. The second kappa shape index (κ2) is 57.5. The van der Waals surface area contributed by atoms with Gasteiger partial charge in [-0.05, 0) is 25.7 Å². The van der Waals surface area contributed by atoms with E-state index in [9.17, 15) is 0 Å². The van der Waals surface area contributed by atoms with Crippen molar-refractivity contribution in [2.75, 3.05) is 13.1 Å². The van der Waals surface area contributed by atoms with Crippen LogP contribution in [0.25, 0.3) is 0 Å². The fourth-order valence-corrected chi connectivity index (χ4v) is 9.00. The summed E-state index contributed by atoms with van der Waals surface area (Å²) in [6.07, 6.45) is 74.0. The number of unbranched alkanes of at least 4 members (excludes halogenated alkanes) is 48. The highest BCUT2D eigenvalue weighted by Gasteiger charge is 1.99. The molecule has 340 valence electrons. The van der Waals surface area contributed by atoms with Gasteiger partial charge in [-0.1, -0.05) is 309 Å². The van der Waals surface area contributed by atoms with Gasteiger partial charge in [0.05, 0.1) is 13.1 Å². The van der Waals surface area contributed by atoms with Crippen molar-refractivity contribution in [1.29, 1.82) is 0 Å². The summed E-state index contributed by atoms with van der Waals surface area (Å²) >= 11 is 0. The Labute approximate surface area is 368 Å². The zero-order valence-electron chi connectivity index (χ0n) is 39.7. The van der Waals surface area contributed by atoms with Gasteiger partial charge in [-0.15, -0.1) is 0 Å². The predicted octanol–water partition coefficient (Wildman–Crippen LogP) is 16.1. The first kappa shape index (κ1) is 58.5. The zero-order chi connectivity index (χ0) is 39.5. The molecule has 2 N–H and O–H groups in total. The van der Waals surface area contributed by atoms with Gasteiger partial charge < -0.3 is 22.3 Å². The number of hydrogen-bond donors (Lipinski definition) is 1. The molecule has 0 aliphatic rings. The van der Waals surface area contributed by atoms with Crippen LogP contribution in [0, 0.1) is 0 Å². The molecule has 0 bridgehead atoms. The Bertz CT molecular complexity index is 570. The van der Waals surface area contributed by atoms with Crippen LogP contribution < -0.4 is 22.3 Å². The van der Waals surface area contributed by atoms with Crippen LogP contribution in [0.15, 0.2) is 0 Å². The van der Waals surface area contributed by atoms with Gasteiger partial charge >= 0.3 is 0 Å². The van der Waals surface area contributed by atoms with Crippen LogP contribution in [0.1, 0.15) is 335 Å². The molecule has 0 aromatic heterocycles. The van der Waals surface area contributed by atoms with Crippen molar-refractivity contribution in [2.45, 2.75) is 335 Å². The molecule has 0 aromatic carbocycles. The highest BCUT2D eigenvalue weighted by Crippen LogP contribution is 2.18. The minimum Gasteiger partial charge on any atom is -1.00 e. The first-order valence-corrected chi connectivity index (χ1v) is 27.2. The van der Waals surface area contributed by atoms with E-state index in [1.54, 1.807) is 0 Å². The quantitative estimate of drug-likeness (QED) is 0.0587. The molecule has 0 heterocycles. The van der Waals surface area contributed by atoms with Crippen molar-refractivity contribution in [3.8, 4) is 0 Å². The predicted molar refractivity (Wildman–Crippen MR) is 254 cm³/mol. The summed E-state index contributed by atoms with van der Waals surface area (Å²) < 4.78 is 0. The number of quaternary nitrogens is 1. The maximum absolute atomic E-state index is 2.60. The minimum absolute atomic E-state index is 0. The molecule has 0 spiro atoms. The summed E-state index contributed by atoms with van der Waals surface area (Å²) in [5.74, 6) is 0. The molecule has 0 aliphatic heterocycles. The van der Waals surface area contributed by atoms with Gasteiger partial charge in [0.2, 0.25) is 0 Å². The van der Waals surface area contributed by atoms with E-state index in [-0.39, 0.29) is 17.0 Å². The Morgan fingerprint density at radius 1 is 0.161 bits per heavy atom. The normalized spacial score (nSPS) is 11.5. The Morgan fingerprint density at radius 2 is 0.268 bits per heavy atom. The van der Waals surface area contributed by atoms with Crippen LogP contribution in [-0.2, 0) is 0 Å².